The zero-order valence-electron chi connectivity index (χ0n) is 9.91. The Labute approximate surface area is 108 Å². The van der Waals surface area contributed by atoms with Gasteiger partial charge in [0.15, 0.2) is 6.29 Å². The minimum absolute atomic E-state index is 0.624. The Kier molecular flexibility index (Phi) is 5.42. The molecule has 0 saturated carbocycles. The number of carbonyl (C=O) groups is 1. The van der Waals surface area contributed by atoms with Gasteiger partial charge in [-0.2, -0.15) is 0 Å². The maximum Gasteiger partial charge on any atom is 0.472 e. The summed E-state index contributed by atoms with van der Waals surface area (Å²) in [7, 11) is -4.95. The van der Waals surface area contributed by atoms with Gasteiger partial charge in [0.2, 0.25) is 5.91 Å². The Morgan fingerprint density at radius 3 is 2.37 bits per heavy atom. The first-order chi connectivity index (χ1) is 8.65. The fourth-order valence-electron chi connectivity index (χ4n) is 1.70. The molecule has 19 heavy (non-hydrogen) atoms. The molecule has 5 atom stereocenters. The summed E-state index contributed by atoms with van der Waals surface area (Å²) in [6, 6.07) is -1.39. The van der Waals surface area contributed by atoms with E-state index in [9.17, 15) is 19.6 Å². The molecule has 0 aromatic rings. The lowest BCUT2D eigenvalue weighted by Gasteiger charge is -2.41. The van der Waals surface area contributed by atoms with Crippen molar-refractivity contribution in [2.75, 3.05) is 6.61 Å². The summed E-state index contributed by atoms with van der Waals surface area (Å²) in [5, 5.41) is 30.5. The molecule has 11 heteroatoms. The van der Waals surface area contributed by atoms with E-state index in [2.05, 4.69) is 9.84 Å². The highest BCUT2D eigenvalue weighted by atomic mass is 31.2. The average Bonchev–Trinajstić information content (AvgIpc) is 2.26. The predicted octanol–water partition coefficient (Wildman–Crippen LogP) is -2.96. The molecule has 6 N–H and O–H groups in total. The molecule has 1 heterocycles. The molecular formula is C8H16NO9P. The lowest BCUT2D eigenvalue weighted by Crippen LogP contribution is -2.64. The van der Waals surface area contributed by atoms with Crippen LogP contribution in [0.15, 0.2) is 0 Å². The van der Waals surface area contributed by atoms with Crippen molar-refractivity contribution >= 4 is 13.7 Å². The Morgan fingerprint density at radius 1 is 1.37 bits per heavy atom. The molecule has 0 radical (unpaired) electrons. The molecule has 1 fully saturated rings. The average molecular weight is 301 g/mol. The molecule has 1 saturated heterocycles. The Balaban J connectivity index is 2.92. The minimum atomic E-state index is -4.95. The fraction of sp³-hybridized carbons (Fsp3) is 0.875. The Hall–Kier alpha value is -0.580. The van der Waals surface area contributed by atoms with E-state index in [1.807, 2.05) is 0 Å². The van der Waals surface area contributed by atoms with Crippen LogP contribution in [0.3, 0.4) is 0 Å². The van der Waals surface area contributed by atoms with E-state index in [0.29, 0.717) is 0 Å². The van der Waals surface area contributed by atoms with Gasteiger partial charge < -0.3 is 35.2 Å². The predicted molar refractivity (Wildman–Crippen MR) is 58.5 cm³/mol. The quantitative estimate of drug-likeness (QED) is 0.297. The smallest absolute Gasteiger partial charge is 0.394 e. The molecule has 1 amide bonds. The van der Waals surface area contributed by atoms with Crippen LogP contribution >= 0.6 is 7.82 Å². The van der Waals surface area contributed by atoms with Crippen LogP contribution in [0.1, 0.15) is 6.92 Å². The van der Waals surface area contributed by atoms with Crippen molar-refractivity contribution in [3.8, 4) is 0 Å². The topological polar surface area (TPSA) is 166 Å². The molecule has 0 bridgehead atoms. The van der Waals surface area contributed by atoms with Crippen molar-refractivity contribution in [1.82, 2.24) is 5.32 Å². The second kappa shape index (κ2) is 6.25. The number of ether oxygens (including phenoxy) is 1. The normalized spacial score (nSPS) is 36.0. The van der Waals surface area contributed by atoms with E-state index in [-0.39, 0.29) is 0 Å². The third-order valence-electron chi connectivity index (χ3n) is 2.49. The van der Waals surface area contributed by atoms with E-state index in [1.54, 1.807) is 0 Å². The summed E-state index contributed by atoms with van der Waals surface area (Å²) in [5.41, 5.74) is 0. The maximum absolute atomic E-state index is 11.0. The lowest BCUT2D eigenvalue weighted by atomic mass is 9.97. The zero-order chi connectivity index (χ0) is 14.8. The SMILES string of the molecule is CC(=O)N[C@H]1[C@@H](OP(=O)(O)O)O[C@H](CO)[C@@H](O)[C@@H]1O. The number of aliphatic hydroxyl groups is 3. The number of phosphoric acid groups is 1. The van der Waals surface area contributed by atoms with Crippen LogP contribution in [-0.2, 0) is 18.6 Å². The first-order valence-corrected chi connectivity index (χ1v) is 6.82. The van der Waals surface area contributed by atoms with Crippen LogP contribution in [0, 0.1) is 0 Å². The molecule has 1 rings (SSSR count). The number of hydrogen-bond acceptors (Lipinski definition) is 7. The highest BCUT2D eigenvalue weighted by Gasteiger charge is 2.47. The first-order valence-electron chi connectivity index (χ1n) is 5.29. The van der Waals surface area contributed by atoms with Crippen molar-refractivity contribution in [1.29, 1.82) is 0 Å². The van der Waals surface area contributed by atoms with E-state index < -0.39 is 51.0 Å². The van der Waals surface area contributed by atoms with Crippen molar-refractivity contribution < 1.29 is 43.7 Å². The molecule has 0 unspecified atom stereocenters. The van der Waals surface area contributed by atoms with Crippen LogP contribution in [0.4, 0.5) is 0 Å². The number of aliphatic hydroxyl groups excluding tert-OH is 3. The van der Waals surface area contributed by atoms with Crippen molar-refractivity contribution in [3.05, 3.63) is 0 Å². The summed E-state index contributed by atoms with van der Waals surface area (Å²) in [4.78, 5) is 28.4. The number of hydrogen-bond donors (Lipinski definition) is 6. The van der Waals surface area contributed by atoms with Gasteiger partial charge in [0, 0.05) is 6.92 Å². The van der Waals surface area contributed by atoms with E-state index >= 15 is 0 Å². The van der Waals surface area contributed by atoms with Gasteiger partial charge in [0.05, 0.1) is 6.61 Å². The van der Waals surface area contributed by atoms with Gasteiger partial charge in [0.25, 0.3) is 0 Å². The van der Waals surface area contributed by atoms with Crippen molar-refractivity contribution in [2.24, 2.45) is 0 Å². The largest absolute Gasteiger partial charge is 0.472 e. The van der Waals surface area contributed by atoms with Gasteiger partial charge in [-0.1, -0.05) is 0 Å². The van der Waals surface area contributed by atoms with Gasteiger partial charge >= 0.3 is 7.82 Å². The number of rotatable bonds is 4. The number of phosphoric ester groups is 1. The Bertz CT molecular complexity index is 371. The van der Waals surface area contributed by atoms with Crippen LogP contribution in [0.25, 0.3) is 0 Å². The number of nitrogens with one attached hydrogen (secondary N) is 1. The van der Waals surface area contributed by atoms with Crippen LogP contribution in [0.2, 0.25) is 0 Å². The lowest BCUT2D eigenvalue weighted by molar-refractivity contribution is -0.248. The molecule has 0 aliphatic carbocycles. The molecule has 0 aromatic heterocycles. The van der Waals surface area contributed by atoms with E-state index in [0.717, 1.165) is 6.92 Å². The van der Waals surface area contributed by atoms with Gasteiger partial charge in [-0.25, -0.2) is 4.57 Å². The number of carbonyl (C=O) groups excluding carboxylic acids is 1. The van der Waals surface area contributed by atoms with Gasteiger partial charge in [-0.3, -0.25) is 9.32 Å². The first kappa shape index (κ1) is 16.5. The van der Waals surface area contributed by atoms with Crippen LogP contribution in [0.5, 0.6) is 0 Å². The number of amides is 1. The van der Waals surface area contributed by atoms with E-state index in [1.165, 1.54) is 0 Å². The molecule has 1 aliphatic rings. The van der Waals surface area contributed by atoms with Crippen LogP contribution < -0.4 is 5.32 Å². The summed E-state index contributed by atoms with van der Waals surface area (Å²) in [6.07, 6.45) is -6.17. The van der Waals surface area contributed by atoms with Gasteiger partial charge in [-0.05, 0) is 0 Å². The minimum Gasteiger partial charge on any atom is -0.394 e. The summed E-state index contributed by atoms with van der Waals surface area (Å²) in [6.45, 7) is 0.401. The molecule has 0 spiro atoms. The summed E-state index contributed by atoms with van der Waals surface area (Å²) >= 11 is 0. The van der Waals surface area contributed by atoms with Crippen molar-refractivity contribution in [2.45, 2.75) is 37.6 Å². The van der Waals surface area contributed by atoms with Gasteiger partial charge in [0.1, 0.15) is 24.4 Å². The summed E-state index contributed by atoms with van der Waals surface area (Å²) < 4.78 is 20.0. The zero-order valence-corrected chi connectivity index (χ0v) is 10.8. The third-order valence-corrected chi connectivity index (χ3v) is 2.97. The molecule has 10 nitrogen and oxygen atoms in total. The maximum atomic E-state index is 11.0. The highest BCUT2D eigenvalue weighted by Crippen LogP contribution is 2.40. The summed E-state index contributed by atoms with van der Waals surface area (Å²) in [5.74, 6) is -0.624. The second-order valence-corrected chi connectivity index (χ2v) is 5.22. The molecule has 0 aromatic carbocycles. The van der Waals surface area contributed by atoms with Gasteiger partial charge in [-0.15, -0.1) is 0 Å². The highest BCUT2D eigenvalue weighted by molar-refractivity contribution is 7.46. The molecular weight excluding hydrogens is 285 g/mol. The monoisotopic (exact) mass is 301 g/mol. The second-order valence-electron chi connectivity index (χ2n) is 4.03. The van der Waals surface area contributed by atoms with Crippen LogP contribution in [-0.4, -0.2) is 68.3 Å². The standard InChI is InChI=1S/C8H16NO9P/c1-3(11)9-5-7(13)6(12)4(2-10)17-8(5)18-19(14,15)16/h4-8,10,12-13H,2H2,1H3,(H,9,11)(H2,14,15,16)/t4-,5-,6-,7-,8-/m1/s1. The van der Waals surface area contributed by atoms with E-state index in [4.69, 9.17) is 19.6 Å². The van der Waals surface area contributed by atoms with Crippen molar-refractivity contribution in [3.63, 3.8) is 0 Å². The Morgan fingerprint density at radius 2 is 1.95 bits per heavy atom. The molecule has 112 valence electrons. The molecule has 1 aliphatic heterocycles. The third kappa shape index (κ3) is 4.48. The fourth-order valence-corrected chi connectivity index (χ4v) is 2.15.